The predicted molar refractivity (Wildman–Crippen MR) is 496 cm³/mol. The van der Waals surface area contributed by atoms with Gasteiger partial charge in [0.1, 0.15) is 23.8 Å². The summed E-state index contributed by atoms with van der Waals surface area (Å²) in [4.78, 5) is 36.3. The van der Waals surface area contributed by atoms with Gasteiger partial charge in [-0.3, -0.25) is 14.4 Å². The van der Waals surface area contributed by atoms with Crippen LogP contribution < -0.4 is 5.73 Å². The van der Waals surface area contributed by atoms with Crippen molar-refractivity contribution >= 4 is 17.9 Å². The van der Waals surface area contributed by atoms with Crippen LogP contribution in [0, 0.1) is 76.8 Å². The molecule has 8 aliphatic rings. The minimum Gasteiger partial charge on any atom is -0.508 e. The number of unbranched alkanes of at least 4 members (excludes halogenated alkanes) is 7. The van der Waals surface area contributed by atoms with E-state index in [4.69, 9.17) is 25.4 Å². The third-order valence-electron chi connectivity index (χ3n) is 30.2. The molecule has 0 bridgehead atoms. The molecule has 668 valence electrons. The van der Waals surface area contributed by atoms with Gasteiger partial charge < -0.3 is 35.6 Å². The summed E-state index contributed by atoms with van der Waals surface area (Å²) in [5, 5.41) is 36.5. The number of carbonyl (C=O) groups is 3. The Labute approximate surface area is 728 Å². The van der Waals surface area contributed by atoms with Crippen LogP contribution in [0.2, 0.25) is 0 Å². The fourth-order valence-corrected chi connectivity index (χ4v) is 22.3. The van der Waals surface area contributed by atoms with Crippen molar-refractivity contribution in [1.29, 1.82) is 0 Å². The molecule has 6 N–H and O–H groups in total. The third kappa shape index (κ3) is 33.9. The second-order valence-electron chi connectivity index (χ2n) is 38.9. The molecule has 0 amide bonds. The molecule has 5 aromatic rings. The summed E-state index contributed by atoms with van der Waals surface area (Å²) in [6.07, 6.45) is 63.9. The van der Waals surface area contributed by atoms with Crippen molar-refractivity contribution in [1.82, 2.24) is 0 Å². The molecule has 13 rings (SSSR count). The van der Waals surface area contributed by atoms with Crippen molar-refractivity contribution in [3.05, 3.63) is 149 Å². The number of rotatable bonds is 34. The number of aliphatic carboxylic acids is 1. The Hall–Kier alpha value is -5.88. The number of carbonyl (C=O) groups excluding carboxylic acids is 2. The van der Waals surface area contributed by atoms with Gasteiger partial charge in [-0.15, -0.1) is 0 Å². The molecule has 0 spiro atoms. The molecule has 8 fully saturated rings. The summed E-state index contributed by atoms with van der Waals surface area (Å²) >= 11 is 0. The second kappa shape index (κ2) is 55.5. The zero-order valence-electron chi connectivity index (χ0n) is 75.9. The van der Waals surface area contributed by atoms with Gasteiger partial charge in [-0.05, 0) is 346 Å². The summed E-state index contributed by atoms with van der Waals surface area (Å²) < 4.78 is 26.5. The first-order valence-corrected chi connectivity index (χ1v) is 50.0. The minimum absolute atomic E-state index is 0.0844. The Bertz CT molecular complexity index is 3530. The summed E-state index contributed by atoms with van der Waals surface area (Å²) in [7, 11) is 0. The molecule has 0 radical (unpaired) electrons. The molecule has 11 heteroatoms. The van der Waals surface area contributed by atoms with Crippen LogP contribution in [-0.2, 0) is 43.1 Å². The molecular formula is C109H166FNO9. The number of ether oxygens (including phenoxy) is 2. The van der Waals surface area contributed by atoms with Gasteiger partial charge in [0.2, 0.25) is 0 Å². The van der Waals surface area contributed by atoms with Crippen molar-refractivity contribution in [2.45, 2.75) is 393 Å². The van der Waals surface area contributed by atoms with Crippen LogP contribution in [0.4, 0.5) is 4.39 Å². The van der Waals surface area contributed by atoms with E-state index in [1.54, 1.807) is 18.2 Å². The van der Waals surface area contributed by atoms with E-state index in [0.29, 0.717) is 48.8 Å². The van der Waals surface area contributed by atoms with Crippen molar-refractivity contribution in [3.63, 3.8) is 0 Å². The van der Waals surface area contributed by atoms with Gasteiger partial charge in [0.05, 0.1) is 17.8 Å². The molecule has 120 heavy (non-hydrogen) atoms. The first kappa shape index (κ1) is 97.9. The van der Waals surface area contributed by atoms with Crippen LogP contribution in [0.15, 0.2) is 115 Å². The van der Waals surface area contributed by atoms with E-state index in [1.165, 1.54) is 240 Å². The molecule has 0 unspecified atom stereocenters. The molecule has 0 aliphatic heterocycles. The summed E-state index contributed by atoms with van der Waals surface area (Å²) in [5.74, 6) is 9.12. The molecule has 0 atom stereocenters. The van der Waals surface area contributed by atoms with Gasteiger partial charge in [0.15, 0.2) is 0 Å². The maximum Gasteiger partial charge on any atom is 0.309 e. The number of nitrogens with two attached hydrogens (primary N) is 1. The summed E-state index contributed by atoms with van der Waals surface area (Å²) in [5.41, 5.74) is 15.7. The van der Waals surface area contributed by atoms with Crippen molar-refractivity contribution in [2.24, 2.45) is 76.7 Å². The molecule has 5 aromatic carbocycles. The average molecular weight is 1650 g/mol. The lowest BCUT2D eigenvalue weighted by Crippen LogP contribution is -2.32. The van der Waals surface area contributed by atoms with E-state index in [-0.39, 0.29) is 47.7 Å². The van der Waals surface area contributed by atoms with E-state index < -0.39 is 5.97 Å². The highest BCUT2D eigenvalue weighted by Crippen LogP contribution is 2.46. The van der Waals surface area contributed by atoms with Crippen LogP contribution in [-0.4, -0.2) is 70.3 Å². The highest BCUT2D eigenvalue weighted by atomic mass is 19.1. The number of benzene rings is 5. The number of aliphatic hydroxyl groups excluding tert-OH is 2. The number of hydrogen-bond acceptors (Lipinski definition) is 9. The maximum atomic E-state index is 14.7. The molecule has 0 aromatic heterocycles. The minimum atomic E-state index is -0.616. The van der Waals surface area contributed by atoms with Crippen LogP contribution in [0.5, 0.6) is 5.75 Å². The number of halogens is 1. The third-order valence-corrected chi connectivity index (χ3v) is 30.2. The first-order valence-electron chi connectivity index (χ1n) is 50.0. The number of esters is 2. The second-order valence-corrected chi connectivity index (χ2v) is 38.9. The molecule has 0 heterocycles. The predicted octanol–water partition coefficient (Wildman–Crippen LogP) is 28.6. The highest BCUT2D eigenvalue weighted by Gasteiger charge is 2.37. The number of aliphatic hydroxyl groups is 2. The normalized spacial score (nSPS) is 26.9. The number of carboxylic acid groups (broad SMARTS) is 1. The maximum absolute atomic E-state index is 14.7. The quantitative estimate of drug-likeness (QED) is 0.0197. The SMILES string of the molecule is CCCC1CCC(C2CCC(CO)CC2)CC1.CCCC1CCC(OC(=O)C2CCC(CCCCCCO)CC2)CC1.CCCCCC1CCC(C2CCC(C(=O)OC3CCC(c4ccc(O)cc4)CC3)CC2)CC1.CCCCCc1ccc(C2CCC(C(=O)O)CC2)cc1.CCCc1ccc(-c2ccc(-c3ccc(CCN)cc3)c(F)c2)cc1. The Morgan fingerprint density at radius 2 is 0.733 bits per heavy atom. The summed E-state index contributed by atoms with van der Waals surface area (Å²) in [6, 6.07) is 38.5. The molecule has 10 nitrogen and oxygen atoms in total. The van der Waals surface area contributed by atoms with Gasteiger partial charge in [-0.2, -0.15) is 0 Å². The lowest BCUT2D eigenvalue weighted by molar-refractivity contribution is -0.158. The Kier molecular flexibility index (Phi) is 45.3. The van der Waals surface area contributed by atoms with E-state index >= 15 is 0 Å². The zero-order valence-corrected chi connectivity index (χ0v) is 75.9. The average Bonchev–Trinajstić information content (AvgIpc) is 0.816. The number of phenols is 1. The van der Waals surface area contributed by atoms with Crippen LogP contribution >= 0.6 is 0 Å². The number of aromatic hydroxyl groups is 1. The fourth-order valence-electron chi connectivity index (χ4n) is 22.3. The Morgan fingerprint density at radius 1 is 0.358 bits per heavy atom. The van der Waals surface area contributed by atoms with Gasteiger partial charge in [-0.25, -0.2) is 4.39 Å². The topological polar surface area (TPSA) is 177 Å². The molecular weight excluding hydrogens is 1490 g/mol. The standard InChI is InChI=1S/C30H46O3.C23H24FN.C22H40O3.C18H26O2.C16H30O/c1-2-3-4-5-22-6-8-23(9-7-22)24-10-12-27(13-11-24)30(32)33-29-20-16-26(17-21-29)25-14-18-28(31)19-15-25;1-2-3-17-4-8-19(9-5-17)21-12-13-22(23(24)16-21)20-10-6-18(7-11-20)14-15-25;1-2-7-18-11-15-21(16-12-18)25-22(24)20-13-9-19(10-14-20)8-5-3-4-6-17-23;1-2-3-4-5-14-6-8-15(9-7-14)16-10-12-17(13-11-16)18(19)20;1-2-3-13-4-8-15(9-5-13)16-10-6-14(12-17)7-11-16/h14-15,18-19,22-24,26-27,29,31H,2-13,16-17,20-21H2,1H3;4-13,16H,2-3,14-15,25H2,1H3;18-21,23H,2-17H2,1H3;6-9,16-17H,2-5,10-13H2,1H3,(H,19,20);13-17H,2-12H2,1H3. The number of phenolic OH excluding ortho intramolecular Hbond substituents is 1. The Morgan fingerprint density at radius 3 is 1.19 bits per heavy atom. The smallest absolute Gasteiger partial charge is 0.309 e. The lowest BCUT2D eigenvalue weighted by Gasteiger charge is -2.38. The van der Waals surface area contributed by atoms with Crippen LogP contribution in [0.1, 0.15) is 389 Å². The van der Waals surface area contributed by atoms with Gasteiger partial charge in [-0.1, -0.05) is 254 Å². The van der Waals surface area contributed by atoms with Gasteiger partial charge >= 0.3 is 17.9 Å². The summed E-state index contributed by atoms with van der Waals surface area (Å²) in [6.45, 7) is 12.7. The molecule has 8 aliphatic carbocycles. The monoisotopic (exact) mass is 1650 g/mol. The number of hydrogen-bond donors (Lipinski definition) is 5. The zero-order chi connectivity index (χ0) is 85.1. The highest BCUT2D eigenvalue weighted by molar-refractivity contribution is 5.74. The van der Waals surface area contributed by atoms with E-state index in [9.17, 15) is 29.0 Å². The Balaban J connectivity index is 0.000000174. The van der Waals surface area contributed by atoms with Gasteiger partial charge in [0, 0.05) is 18.8 Å². The number of carboxylic acids is 1. The number of aryl methyl sites for hydroxylation is 2. The fraction of sp³-hybridized carbons (Fsp3) is 0.697. The van der Waals surface area contributed by atoms with E-state index in [1.807, 2.05) is 48.5 Å². The van der Waals surface area contributed by atoms with E-state index in [0.717, 1.165) is 186 Å². The molecule has 8 saturated carbocycles. The van der Waals surface area contributed by atoms with Crippen molar-refractivity contribution < 1.29 is 48.7 Å². The van der Waals surface area contributed by atoms with Crippen molar-refractivity contribution in [2.75, 3.05) is 19.8 Å². The van der Waals surface area contributed by atoms with Crippen LogP contribution in [0.3, 0.4) is 0 Å². The van der Waals surface area contributed by atoms with E-state index in [2.05, 4.69) is 83.1 Å². The molecule has 0 saturated heterocycles. The first-order chi connectivity index (χ1) is 58.6. The van der Waals surface area contributed by atoms with Crippen LogP contribution in [0.25, 0.3) is 22.3 Å². The van der Waals surface area contributed by atoms with Crippen molar-refractivity contribution in [3.8, 4) is 28.0 Å². The van der Waals surface area contributed by atoms with Gasteiger partial charge in [0.25, 0.3) is 0 Å². The lowest BCUT2D eigenvalue weighted by atomic mass is 9.68. The largest absolute Gasteiger partial charge is 0.508 e.